The van der Waals surface area contributed by atoms with E-state index in [4.69, 9.17) is 14.6 Å². The van der Waals surface area contributed by atoms with Crippen LogP contribution in [0.2, 0.25) is 0 Å². The molecular formula is C10H18O4. The molecule has 3 atom stereocenters. The molecule has 1 aliphatic rings. The van der Waals surface area contributed by atoms with Crippen molar-refractivity contribution in [1.29, 1.82) is 0 Å². The summed E-state index contributed by atoms with van der Waals surface area (Å²) in [6.45, 7) is 4.44. The number of carboxylic acid groups (broad SMARTS) is 1. The van der Waals surface area contributed by atoms with E-state index < -0.39 is 5.97 Å². The van der Waals surface area contributed by atoms with Gasteiger partial charge < -0.3 is 14.6 Å². The first-order valence-electron chi connectivity index (χ1n) is 4.93. The molecule has 82 valence electrons. The molecule has 14 heavy (non-hydrogen) atoms. The van der Waals surface area contributed by atoms with Gasteiger partial charge in [-0.1, -0.05) is 13.8 Å². The van der Waals surface area contributed by atoms with Crippen molar-refractivity contribution in [2.45, 2.75) is 32.5 Å². The maximum atomic E-state index is 10.9. The molecule has 0 aromatic rings. The molecule has 1 aliphatic heterocycles. The molecule has 3 unspecified atom stereocenters. The quantitative estimate of drug-likeness (QED) is 0.743. The summed E-state index contributed by atoms with van der Waals surface area (Å²) in [5.74, 6) is -0.907. The van der Waals surface area contributed by atoms with Crippen LogP contribution in [0.5, 0.6) is 0 Å². The minimum absolute atomic E-state index is 0.0616. The van der Waals surface area contributed by atoms with Crippen LogP contribution in [0, 0.1) is 11.8 Å². The van der Waals surface area contributed by atoms with Crippen LogP contribution in [0.1, 0.15) is 20.3 Å². The maximum absolute atomic E-state index is 10.9. The van der Waals surface area contributed by atoms with E-state index in [9.17, 15) is 4.79 Å². The Morgan fingerprint density at radius 2 is 2.29 bits per heavy atom. The van der Waals surface area contributed by atoms with Gasteiger partial charge in [0.25, 0.3) is 0 Å². The van der Waals surface area contributed by atoms with Crippen LogP contribution < -0.4 is 0 Å². The Morgan fingerprint density at radius 3 is 2.64 bits per heavy atom. The predicted octanol–water partition coefficient (Wildman–Crippen LogP) is 1.15. The monoisotopic (exact) mass is 202 g/mol. The van der Waals surface area contributed by atoms with Crippen LogP contribution in [0.3, 0.4) is 0 Å². The molecular weight excluding hydrogens is 184 g/mol. The summed E-state index contributed by atoms with van der Waals surface area (Å²) in [7, 11) is 1.60. The zero-order valence-corrected chi connectivity index (χ0v) is 8.90. The van der Waals surface area contributed by atoms with Crippen molar-refractivity contribution in [2.75, 3.05) is 13.7 Å². The van der Waals surface area contributed by atoms with Gasteiger partial charge in [0.15, 0.2) is 0 Å². The molecule has 1 saturated heterocycles. The van der Waals surface area contributed by atoms with E-state index in [0.29, 0.717) is 13.0 Å². The SMILES string of the molecule is COCC1CC(C(=O)O)C(C(C)C)O1. The van der Waals surface area contributed by atoms with Gasteiger partial charge in [-0.15, -0.1) is 0 Å². The third-order valence-corrected chi connectivity index (χ3v) is 2.59. The minimum atomic E-state index is -0.762. The summed E-state index contributed by atoms with van der Waals surface area (Å²) in [4.78, 5) is 10.9. The summed E-state index contributed by atoms with van der Waals surface area (Å²) < 4.78 is 10.6. The number of carboxylic acids is 1. The van der Waals surface area contributed by atoms with Gasteiger partial charge in [0.05, 0.1) is 24.7 Å². The van der Waals surface area contributed by atoms with Gasteiger partial charge in [0.2, 0.25) is 0 Å². The molecule has 0 amide bonds. The summed E-state index contributed by atoms with van der Waals surface area (Å²) in [6.07, 6.45) is 0.326. The Bertz CT molecular complexity index is 202. The van der Waals surface area contributed by atoms with E-state index in [-0.39, 0.29) is 24.0 Å². The molecule has 0 spiro atoms. The first-order valence-corrected chi connectivity index (χ1v) is 4.93. The van der Waals surface area contributed by atoms with Crippen LogP contribution >= 0.6 is 0 Å². The molecule has 1 fully saturated rings. The number of hydrogen-bond acceptors (Lipinski definition) is 3. The lowest BCUT2D eigenvalue weighted by atomic mass is 9.92. The normalized spacial score (nSPS) is 32.4. The van der Waals surface area contributed by atoms with Crippen LogP contribution in [0.25, 0.3) is 0 Å². The second-order valence-corrected chi connectivity index (χ2v) is 4.10. The number of methoxy groups -OCH3 is 1. The van der Waals surface area contributed by atoms with E-state index in [1.165, 1.54) is 0 Å². The summed E-state index contributed by atoms with van der Waals surface area (Å²) in [6, 6.07) is 0. The van der Waals surface area contributed by atoms with Gasteiger partial charge in [-0.05, 0) is 12.3 Å². The first kappa shape index (κ1) is 11.5. The van der Waals surface area contributed by atoms with Crippen LogP contribution in [0.15, 0.2) is 0 Å². The lowest BCUT2D eigenvalue weighted by Crippen LogP contribution is -2.28. The molecule has 4 nitrogen and oxygen atoms in total. The third kappa shape index (κ3) is 2.45. The lowest BCUT2D eigenvalue weighted by Gasteiger charge is -2.19. The molecule has 1 heterocycles. The lowest BCUT2D eigenvalue weighted by molar-refractivity contribution is -0.144. The third-order valence-electron chi connectivity index (χ3n) is 2.59. The fraction of sp³-hybridized carbons (Fsp3) is 0.900. The van der Waals surface area contributed by atoms with E-state index in [0.717, 1.165) is 0 Å². The molecule has 0 bridgehead atoms. The Morgan fingerprint density at radius 1 is 1.64 bits per heavy atom. The first-order chi connectivity index (χ1) is 6.56. The number of ether oxygens (including phenoxy) is 2. The van der Waals surface area contributed by atoms with E-state index >= 15 is 0 Å². The second-order valence-electron chi connectivity index (χ2n) is 4.10. The topological polar surface area (TPSA) is 55.8 Å². The minimum Gasteiger partial charge on any atom is -0.481 e. The standard InChI is InChI=1S/C10H18O4/c1-6(2)9-8(10(11)12)4-7(14-9)5-13-3/h6-9H,4-5H2,1-3H3,(H,11,12). The highest BCUT2D eigenvalue weighted by Crippen LogP contribution is 2.31. The molecule has 0 aromatic heterocycles. The largest absolute Gasteiger partial charge is 0.481 e. The van der Waals surface area contributed by atoms with Crippen molar-refractivity contribution in [3.05, 3.63) is 0 Å². The number of aliphatic carboxylic acids is 1. The van der Waals surface area contributed by atoms with Crippen LogP contribution in [-0.4, -0.2) is 37.0 Å². The van der Waals surface area contributed by atoms with E-state index in [1.807, 2.05) is 13.8 Å². The summed E-state index contributed by atoms with van der Waals surface area (Å²) in [5, 5.41) is 9.00. The van der Waals surface area contributed by atoms with Crippen molar-refractivity contribution < 1.29 is 19.4 Å². The fourth-order valence-electron chi connectivity index (χ4n) is 1.95. The Labute approximate surface area is 84.2 Å². The Kier molecular flexibility index (Phi) is 3.89. The van der Waals surface area contributed by atoms with E-state index in [2.05, 4.69) is 0 Å². The van der Waals surface area contributed by atoms with Crippen molar-refractivity contribution in [3.63, 3.8) is 0 Å². The highest BCUT2D eigenvalue weighted by atomic mass is 16.5. The van der Waals surface area contributed by atoms with Gasteiger partial charge in [0, 0.05) is 7.11 Å². The molecule has 0 radical (unpaired) electrons. The number of rotatable bonds is 4. The molecule has 4 heteroatoms. The zero-order chi connectivity index (χ0) is 10.7. The zero-order valence-electron chi connectivity index (χ0n) is 8.90. The average Bonchev–Trinajstić information content (AvgIpc) is 2.49. The Hall–Kier alpha value is -0.610. The van der Waals surface area contributed by atoms with Gasteiger partial charge in [-0.3, -0.25) is 4.79 Å². The van der Waals surface area contributed by atoms with Crippen molar-refractivity contribution in [2.24, 2.45) is 11.8 Å². The van der Waals surface area contributed by atoms with Crippen LogP contribution in [-0.2, 0) is 14.3 Å². The molecule has 0 saturated carbocycles. The predicted molar refractivity (Wildman–Crippen MR) is 51.1 cm³/mol. The highest BCUT2D eigenvalue weighted by Gasteiger charge is 2.41. The van der Waals surface area contributed by atoms with Gasteiger partial charge in [0.1, 0.15) is 0 Å². The van der Waals surface area contributed by atoms with Crippen molar-refractivity contribution >= 4 is 5.97 Å². The van der Waals surface area contributed by atoms with Gasteiger partial charge in [-0.2, -0.15) is 0 Å². The molecule has 1 rings (SSSR count). The number of hydrogen-bond donors (Lipinski definition) is 1. The Balaban J connectivity index is 2.60. The molecule has 0 aromatic carbocycles. The second kappa shape index (κ2) is 4.75. The summed E-state index contributed by atoms with van der Waals surface area (Å²) >= 11 is 0. The van der Waals surface area contributed by atoms with E-state index in [1.54, 1.807) is 7.11 Å². The molecule has 1 N–H and O–H groups in total. The fourth-order valence-corrected chi connectivity index (χ4v) is 1.95. The smallest absolute Gasteiger partial charge is 0.309 e. The van der Waals surface area contributed by atoms with Crippen LogP contribution in [0.4, 0.5) is 0 Å². The summed E-state index contributed by atoms with van der Waals surface area (Å²) in [5.41, 5.74) is 0. The van der Waals surface area contributed by atoms with Gasteiger partial charge >= 0.3 is 5.97 Å². The number of carbonyl (C=O) groups is 1. The average molecular weight is 202 g/mol. The molecule has 0 aliphatic carbocycles. The van der Waals surface area contributed by atoms with Gasteiger partial charge in [-0.25, -0.2) is 0 Å². The maximum Gasteiger partial charge on any atom is 0.309 e. The van der Waals surface area contributed by atoms with Crippen molar-refractivity contribution in [3.8, 4) is 0 Å². The highest BCUT2D eigenvalue weighted by molar-refractivity contribution is 5.71. The van der Waals surface area contributed by atoms with Crippen molar-refractivity contribution in [1.82, 2.24) is 0 Å².